The lowest BCUT2D eigenvalue weighted by molar-refractivity contribution is 0.0601. The first-order valence-corrected chi connectivity index (χ1v) is 7.03. The molecule has 0 aliphatic heterocycles. The van der Waals surface area contributed by atoms with Crippen molar-refractivity contribution in [2.75, 3.05) is 14.2 Å². The second-order valence-corrected chi connectivity index (χ2v) is 5.34. The van der Waals surface area contributed by atoms with E-state index in [-0.39, 0.29) is 5.97 Å². The van der Waals surface area contributed by atoms with Crippen LogP contribution in [0.25, 0.3) is 11.1 Å². The van der Waals surface area contributed by atoms with E-state index >= 15 is 0 Å². The quantitative estimate of drug-likeness (QED) is 0.790. The molecule has 1 aliphatic carbocycles. The molecule has 0 atom stereocenters. The summed E-state index contributed by atoms with van der Waals surface area (Å²) in [5.74, 6) is 0.593. The number of fused-ring (bicyclic) bond motifs is 3. The molecule has 1 aliphatic rings. The molecule has 0 amide bonds. The number of carbonyl (C=O) groups is 1. The van der Waals surface area contributed by atoms with Gasteiger partial charge in [-0.15, -0.1) is 0 Å². The Balaban J connectivity index is 2.19. The molecule has 108 valence electrons. The normalized spacial score (nSPS) is 12.3. The van der Waals surface area contributed by atoms with Crippen LogP contribution >= 0.6 is 0 Å². The number of carbonyl (C=O) groups excluding carboxylic acids is 1. The van der Waals surface area contributed by atoms with Crippen LogP contribution in [0.2, 0.25) is 0 Å². The molecule has 2 aromatic rings. The summed E-state index contributed by atoms with van der Waals surface area (Å²) in [6, 6.07) is 9.95. The second-order valence-electron chi connectivity index (χ2n) is 5.34. The fraction of sp³-hybridized carbons (Fsp3) is 0.278. The van der Waals surface area contributed by atoms with Crippen LogP contribution in [0.3, 0.4) is 0 Å². The minimum atomic E-state index is -0.295. The van der Waals surface area contributed by atoms with Gasteiger partial charge < -0.3 is 9.47 Å². The third kappa shape index (κ3) is 2.29. The van der Waals surface area contributed by atoms with E-state index in [4.69, 9.17) is 9.47 Å². The number of benzene rings is 2. The predicted octanol–water partition coefficient (Wildman–Crippen LogP) is 3.56. The minimum absolute atomic E-state index is 0.295. The highest BCUT2D eigenvalue weighted by molar-refractivity contribution is 5.92. The summed E-state index contributed by atoms with van der Waals surface area (Å²) < 4.78 is 10.2. The average molecular weight is 282 g/mol. The zero-order valence-corrected chi connectivity index (χ0v) is 12.5. The lowest BCUT2D eigenvalue weighted by atomic mass is 9.82. The average Bonchev–Trinajstić information content (AvgIpc) is 2.52. The smallest absolute Gasteiger partial charge is 0.337 e. The molecular weight excluding hydrogens is 264 g/mol. The molecule has 3 heteroatoms. The van der Waals surface area contributed by atoms with Crippen LogP contribution in [0.4, 0.5) is 0 Å². The summed E-state index contributed by atoms with van der Waals surface area (Å²) in [7, 11) is 3.10. The monoisotopic (exact) mass is 282 g/mol. The molecular formula is C18H18O3. The third-order valence-electron chi connectivity index (χ3n) is 4.09. The summed E-state index contributed by atoms with van der Waals surface area (Å²) in [5, 5.41) is 0. The predicted molar refractivity (Wildman–Crippen MR) is 81.9 cm³/mol. The molecule has 0 aromatic heterocycles. The van der Waals surface area contributed by atoms with Gasteiger partial charge in [0.25, 0.3) is 0 Å². The summed E-state index contributed by atoms with van der Waals surface area (Å²) in [4.78, 5) is 11.8. The molecule has 0 fully saturated rings. The van der Waals surface area contributed by atoms with Gasteiger partial charge >= 0.3 is 5.97 Å². The SMILES string of the molecule is COC(=O)c1ccc2c(c1)-c1c(C)cc(OC)cc1CC2. The van der Waals surface area contributed by atoms with Gasteiger partial charge in [0.15, 0.2) is 0 Å². The number of aryl methyl sites for hydroxylation is 3. The maximum absolute atomic E-state index is 11.8. The Morgan fingerprint density at radius 2 is 1.81 bits per heavy atom. The van der Waals surface area contributed by atoms with Crippen molar-refractivity contribution in [1.29, 1.82) is 0 Å². The number of esters is 1. The number of hydrogen-bond acceptors (Lipinski definition) is 3. The third-order valence-corrected chi connectivity index (χ3v) is 4.09. The lowest BCUT2D eigenvalue weighted by Gasteiger charge is -2.23. The maximum atomic E-state index is 11.8. The Bertz CT molecular complexity index is 717. The van der Waals surface area contributed by atoms with E-state index in [2.05, 4.69) is 13.0 Å². The number of methoxy groups -OCH3 is 2. The van der Waals surface area contributed by atoms with E-state index in [0.29, 0.717) is 5.56 Å². The van der Waals surface area contributed by atoms with Gasteiger partial charge in [-0.2, -0.15) is 0 Å². The van der Waals surface area contributed by atoms with Crippen molar-refractivity contribution in [3.63, 3.8) is 0 Å². The van der Waals surface area contributed by atoms with Gasteiger partial charge in [0.05, 0.1) is 19.8 Å². The van der Waals surface area contributed by atoms with Gasteiger partial charge in [0, 0.05) is 0 Å². The molecule has 0 saturated carbocycles. The highest BCUT2D eigenvalue weighted by Gasteiger charge is 2.20. The summed E-state index contributed by atoms with van der Waals surface area (Å²) >= 11 is 0. The number of rotatable bonds is 2. The van der Waals surface area contributed by atoms with Gasteiger partial charge in [0.2, 0.25) is 0 Å². The van der Waals surface area contributed by atoms with E-state index in [1.807, 2.05) is 24.3 Å². The van der Waals surface area contributed by atoms with Crippen molar-refractivity contribution in [1.82, 2.24) is 0 Å². The van der Waals surface area contributed by atoms with Gasteiger partial charge in [-0.3, -0.25) is 0 Å². The van der Waals surface area contributed by atoms with Crippen LogP contribution in [-0.4, -0.2) is 20.2 Å². The molecule has 0 heterocycles. The maximum Gasteiger partial charge on any atom is 0.337 e. The minimum Gasteiger partial charge on any atom is -0.497 e. The van der Waals surface area contributed by atoms with Crippen molar-refractivity contribution in [3.8, 4) is 16.9 Å². The van der Waals surface area contributed by atoms with Gasteiger partial charge in [-0.05, 0) is 71.8 Å². The van der Waals surface area contributed by atoms with Crippen molar-refractivity contribution >= 4 is 5.97 Å². The molecule has 3 nitrogen and oxygen atoms in total. The highest BCUT2D eigenvalue weighted by Crippen LogP contribution is 2.38. The Hall–Kier alpha value is -2.29. The lowest BCUT2D eigenvalue weighted by Crippen LogP contribution is -2.08. The Kier molecular flexibility index (Phi) is 3.42. The van der Waals surface area contributed by atoms with Crippen LogP contribution in [0.15, 0.2) is 30.3 Å². The number of ether oxygens (including phenoxy) is 2. The van der Waals surface area contributed by atoms with Crippen molar-refractivity contribution < 1.29 is 14.3 Å². The van der Waals surface area contributed by atoms with Crippen molar-refractivity contribution in [2.45, 2.75) is 19.8 Å². The molecule has 21 heavy (non-hydrogen) atoms. The Labute approximate surface area is 124 Å². The van der Waals surface area contributed by atoms with Gasteiger partial charge in [0.1, 0.15) is 5.75 Å². The zero-order chi connectivity index (χ0) is 15.0. The molecule has 0 unspecified atom stereocenters. The van der Waals surface area contributed by atoms with Crippen LogP contribution in [0, 0.1) is 6.92 Å². The van der Waals surface area contributed by atoms with Crippen LogP contribution in [0.1, 0.15) is 27.0 Å². The molecule has 3 rings (SSSR count). The van der Waals surface area contributed by atoms with Crippen LogP contribution < -0.4 is 4.74 Å². The second kappa shape index (κ2) is 5.24. The first-order chi connectivity index (χ1) is 10.1. The highest BCUT2D eigenvalue weighted by atomic mass is 16.5. The first-order valence-electron chi connectivity index (χ1n) is 7.03. The first kappa shape index (κ1) is 13.7. The standard InChI is InChI=1S/C18H18O3/c1-11-8-15(20-2)9-13-6-4-12-5-7-14(18(19)21-3)10-16(12)17(11)13/h5,7-10H,4,6H2,1-3H3. The topological polar surface area (TPSA) is 35.5 Å². The molecule has 0 N–H and O–H groups in total. The van der Waals surface area contributed by atoms with Crippen molar-refractivity contribution in [2.24, 2.45) is 0 Å². The number of hydrogen-bond donors (Lipinski definition) is 0. The van der Waals surface area contributed by atoms with Crippen LogP contribution in [0.5, 0.6) is 5.75 Å². The molecule has 0 spiro atoms. The van der Waals surface area contributed by atoms with E-state index < -0.39 is 0 Å². The summed E-state index contributed by atoms with van der Waals surface area (Å²) in [5.41, 5.74) is 6.69. The van der Waals surface area contributed by atoms with Gasteiger partial charge in [-0.1, -0.05) is 6.07 Å². The Morgan fingerprint density at radius 3 is 2.52 bits per heavy atom. The molecule has 2 aromatic carbocycles. The van der Waals surface area contributed by atoms with E-state index in [9.17, 15) is 4.79 Å². The zero-order valence-electron chi connectivity index (χ0n) is 12.5. The molecule has 0 saturated heterocycles. The molecule has 0 radical (unpaired) electrons. The Morgan fingerprint density at radius 1 is 1.05 bits per heavy atom. The van der Waals surface area contributed by atoms with E-state index in [1.165, 1.54) is 29.4 Å². The summed E-state index contributed by atoms with van der Waals surface area (Å²) in [6.45, 7) is 2.08. The largest absolute Gasteiger partial charge is 0.497 e. The van der Waals surface area contributed by atoms with Gasteiger partial charge in [-0.25, -0.2) is 4.79 Å². The fourth-order valence-electron chi connectivity index (χ4n) is 3.07. The fourth-order valence-corrected chi connectivity index (χ4v) is 3.07. The van der Waals surface area contributed by atoms with Crippen molar-refractivity contribution in [3.05, 3.63) is 52.6 Å². The summed E-state index contributed by atoms with van der Waals surface area (Å²) in [6.07, 6.45) is 1.98. The van der Waals surface area contributed by atoms with Crippen LogP contribution in [-0.2, 0) is 17.6 Å². The van der Waals surface area contributed by atoms with E-state index in [0.717, 1.165) is 24.2 Å². The molecule has 0 bridgehead atoms. The van der Waals surface area contributed by atoms with E-state index in [1.54, 1.807) is 7.11 Å².